The smallest absolute Gasteiger partial charge is 0.0434 e. The Labute approximate surface area is 110 Å². The third-order valence-electron chi connectivity index (χ3n) is 4.15. The molecule has 1 fully saturated rings. The number of benzene rings is 1. The van der Waals surface area contributed by atoms with E-state index in [1.165, 1.54) is 30.5 Å². The molecule has 1 aromatic carbocycles. The van der Waals surface area contributed by atoms with E-state index >= 15 is 0 Å². The normalized spacial score (nSPS) is 22.1. The van der Waals surface area contributed by atoms with E-state index in [9.17, 15) is 0 Å². The average Bonchev–Trinajstić information content (AvgIpc) is 2.67. The quantitative estimate of drug-likeness (QED) is 0.833. The first-order valence-electron chi connectivity index (χ1n) is 7.08. The first kappa shape index (κ1) is 13.4. The molecule has 0 radical (unpaired) electrons. The molecule has 1 atom stereocenters. The van der Waals surface area contributed by atoms with Crippen LogP contribution in [0.5, 0.6) is 0 Å². The van der Waals surface area contributed by atoms with Crippen LogP contribution in [0.4, 0.5) is 5.69 Å². The number of aryl methyl sites for hydroxylation is 1. The van der Waals surface area contributed by atoms with Gasteiger partial charge in [-0.05, 0) is 48.8 Å². The van der Waals surface area contributed by atoms with Gasteiger partial charge < -0.3 is 10.4 Å². The lowest BCUT2D eigenvalue weighted by molar-refractivity contribution is 0.288. The molecule has 100 valence electrons. The van der Waals surface area contributed by atoms with E-state index < -0.39 is 0 Å². The zero-order valence-corrected chi connectivity index (χ0v) is 11.6. The van der Waals surface area contributed by atoms with Crippen molar-refractivity contribution in [2.24, 2.45) is 5.41 Å². The highest BCUT2D eigenvalue weighted by molar-refractivity contribution is 5.47. The molecule has 2 N–H and O–H groups in total. The molecule has 2 rings (SSSR count). The Hall–Kier alpha value is -1.02. The van der Waals surface area contributed by atoms with Gasteiger partial charge in [0.25, 0.3) is 0 Å². The van der Waals surface area contributed by atoms with Crippen LogP contribution < -0.4 is 5.32 Å². The van der Waals surface area contributed by atoms with Crippen molar-refractivity contribution in [2.75, 3.05) is 11.9 Å². The second-order valence-electron chi connectivity index (χ2n) is 6.11. The number of aliphatic hydroxyl groups excluding tert-OH is 1. The molecular weight excluding hydrogens is 222 g/mol. The summed E-state index contributed by atoms with van der Waals surface area (Å²) in [6.45, 7) is 4.98. The lowest BCUT2D eigenvalue weighted by atomic mass is 9.87. The summed E-state index contributed by atoms with van der Waals surface area (Å²) in [5, 5.41) is 12.6. The Morgan fingerprint density at radius 3 is 2.89 bits per heavy atom. The molecule has 1 aromatic rings. The predicted molar refractivity (Wildman–Crippen MR) is 76.9 cm³/mol. The minimum Gasteiger partial charge on any atom is -0.396 e. The number of nitrogens with one attached hydrogen (secondary N) is 1. The zero-order valence-electron chi connectivity index (χ0n) is 11.6. The van der Waals surface area contributed by atoms with Crippen LogP contribution in [0.1, 0.15) is 45.1 Å². The maximum absolute atomic E-state index is 8.88. The van der Waals surface area contributed by atoms with Crippen molar-refractivity contribution in [3.05, 3.63) is 29.8 Å². The summed E-state index contributed by atoms with van der Waals surface area (Å²) >= 11 is 0. The number of hydrogen-bond acceptors (Lipinski definition) is 2. The average molecular weight is 247 g/mol. The van der Waals surface area contributed by atoms with E-state index in [-0.39, 0.29) is 6.61 Å². The highest BCUT2D eigenvalue weighted by atomic mass is 16.2. The van der Waals surface area contributed by atoms with Crippen molar-refractivity contribution < 1.29 is 5.11 Å². The minimum absolute atomic E-state index is 0.271. The molecule has 2 nitrogen and oxygen atoms in total. The number of rotatable bonds is 5. The molecule has 1 saturated carbocycles. The summed E-state index contributed by atoms with van der Waals surface area (Å²) in [4.78, 5) is 0. The maximum Gasteiger partial charge on any atom is 0.0434 e. The minimum atomic E-state index is 0.271. The fourth-order valence-electron chi connectivity index (χ4n) is 2.90. The standard InChI is InChI=1S/C16H25NO/c1-16(2)10-4-9-15(16)17-14-8-3-6-13(12-14)7-5-11-18/h3,6,8,12,15,17-18H,4-5,7,9-11H2,1-2H3. The second kappa shape index (κ2) is 5.75. The van der Waals surface area contributed by atoms with Gasteiger partial charge in [0.1, 0.15) is 0 Å². The first-order valence-corrected chi connectivity index (χ1v) is 7.08. The molecule has 1 unspecified atom stereocenters. The molecule has 1 aliphatic carbocycles. The molecule has 0 bridgehead atoms. The number of hydrogen-bond donors (Lipinski definition) is 2. The molecule has 0 spiro atoms. The molecule has 0 heterocycles. The molecule has 0 aliphatic heterocycles. The van der Waals surface area contributed by atoms with Gasteiger partial charge in [-0.2, -0.15) is 0 Å². The third-order valence-corrected chi connectivity index (χ3v) is 4.15. The molecule has 0 saturated heterocycles. The monoisotopic (exact) mass is 247 g/mol. The summed E-state index contributed by atoms with van der Waals surface area (Å²) < 4.78 is 0. The van der Waals surface area contributed by atoms with E-state index in [1.54, 1.807) is 0 Å². The van der Waals surface area contributed by atoms with Gasteiger partial charge in [-0.15, -0.1) is 0 Å². The van der Waals surface area contributed by atoms with Crippen molar-refractivity contribution in [3.63, 3.8) is 0 Å². The zero-order chi connectivity index (χ0) is 13.0. The summed E-state index contributed by atoms with van der Waals surface area (Å²) in [5.41, 5.74) is 2.94. The topological polar surface area (TPSA) is 32.3 Å². The Balaban J connectivity index is 2.00. The van der Waals surface area contributed by atoms with Gasteiger partial charge in [0.05, 0.1) is 0 Å². The highest BCUT2D eigenvalue weighted by Crippen LogP contribution is 2.39. The van der Waals surface area contributed by atoms with Crippen LogP contribution in [0.2, 0.25) is 0 Å². The SMILES string of the molecule is CC1(C)CCCC1Nc1cccc(CCCO)c1. The fourth-order valence-corrected chi connectivity index (χ4v) is 2.90. The van der Waals surface area contributed by atoms with E-state index in [0.29, 0.717) is 11.5 Å². The molecule has 0 amide bonds. The van der Waals surface area contributed by atoms with E-state index in [0.717, 1.165) is 12.8 Å². The van der Waals surface area contributed by atoms with E-state index in [2.05, 4.69) is 43.4 Å². The van der Waals surface area contributed by atoms with Gasteiger partial charge in [0, 0.05) is 18.3 Å². The van der Waals surface area contributed by atoms with Crippen molar-refractivity contribution >= 4 is 5.69 Å². The van der Waals surface area contributed by atoms with Gasteiger partial charge in [-0.1, -0.05) is 32.4 Å². The van der Waals surface area contributed by atoms with Crippen molar-refractivity contribution in [1.29, 1.82) is 0 Å². The lowest BCUT2D eigenvalue weighted by Gasteiger charge is -2.29. The molecule has 18 heavy (non-hydrogen) atoms. The maximum atomic E-state index is 8.88. The molecule has 2 heteroatoms. The molecule has 1 aliphatic rings. The third kappa shape index (κ3) is 3.26. The Kier molecular flexibility index (Phi) is 4.28. The van der Waals surface area contributed by atoms with E-state index in [1.807, 2.05) is 0 Å². The van der Waals surface area contributed by atoms with Gasteiger partial charge >= 0.3 is 0 Å². The first-order chi connectivity index (χ1) is 8.62. The second-order valence-corrected chi connectivity index (χ2v) is 6.11. The summed E-state index contributed by atoms with van der Waals surface area (Å²) in [6.07, 6.45) is 5.72. The van der Waals surface area contributed by atoms with Crippen molar-refractivity contribution in [3.8, 4) is 0 Å². The summed E-state index contributed by atoms with van der Waals surface area (Å²) in [7, 11) is 0. The van der Waals surface area contributed by atoms with Gasteiger partial charge in [-0.3, -0.25) is 0 Å². The van der Waals surface area contributed by atoms with Crippen molar-refractivity contribution in [1.82, 2.24) is 0 Å². The lowest BCUT2D eigenvalue weighted by Crippen LogP contribution is -2.30. The Morgan fingerprint density at radius 1 is 1.39 bits per heavy atom. The van der Waals surface area contributed by atoms with Crippen molar-refractivity contribution in [2.45, 2.75) is 52.0 Å². The van der Waals surface area contributed by atoms with Crippen LogP contribution in [0.15, 0.2) is 24.3 Å². The summed E-state index contributed by atoms with van der Waals surface area (Å²) in [6, 6.07) is 9.21. The number of anilines is 1. The molecule has 0 aromatic heterocycles. The largest absolute Gasteiger partial charge is 0.396 e. The Morgan fingerprint density at radius 2 is 2.22 bits per heavy atom. The predicted octanol–water partition coefficient (Wildman–Crippen LogP) is 3.60. The van der Waals surface area contributed by atoms with Crippen LogP contribution in [0.25, 0.3) is 0 Å². The fraction of sp³-hybridized carbons (Fsp3) is 0.625. The van der Waals surface area contributed by atoms with Crippen LogP contribution in [-0.4, -0.2) is 17.8 Å². The van der Waals surface area contributed by atoms with Crippen LogP contribution >= 0.6 is 0 Å². The number of aliphatic hydroxyl groups is 1. The highest BCUT2D eigenvalue weighted by Gasteiger charge is 2.34. The van der Waals surface area contributed by atoms with Gasteiger partial charge in [0.2, 0.25) is 0 Å². The summed E-state index contributed by atoms with van der Waals surface area (Å²) in [5.74, 6) is 0. The Bertz CT molecular complexity index is 386. The molecular formula is C16H25NO. The van der Waals surface area contributed by atoms with Crippen LogP contribution in [0.3, 0.4) is 0 Å². The van der Waals surface area contributed by atoms with Gasteiger partial charge in [-0.25, -0.2) is 0 Å². The van der Waals surface area contributed by atoms with E-state index in [4.69, 9.17) is 5.11 Å². The van der Waals surface area contributed by atoms with Gasteiger partial charge in [0.15, 0.2) is 0 Å². The van der Waals surface area contributed by atoms with Crippen LogP contribution in [-0.2, 0) is 6.42 Å². The van der Waals surface area contributed by atoms with Crippen LogP contribution in [0, 0.1) is 5.41 Å².